The lowest BCUT2D eigenvalue weighted by molar-refractivity contribution is 0.211. The van der Waals surface area contributed by atoms with Gasteiger partial charge in [0, 0.05) is 6.04 Å². The minimum absolute atomic E-state index is 0.00547. The number of urea groups is 1. The number of aliphatic hydroxyl groups is 1. The Balaban J connectivity index is 2.25. The van der Waals surface area contributed by atoms with Crippen LogP contribution < -0.4 is 10.6 Å². The molecule has 0 bridgehead atoms. The Hall–Kier alpha value is -1.03. The summed E-state index contributed by atoms with van der Waals surface area (Å²) in [7, 11) is 0. The maximum absolute atomic E-state index is 11.5. The molecule has 15 heavy (non-hydrogen) atoms. The van der Waals surface area contributed by atoms with Gasteiger partial charge in [0.2, 0.25) is 0 Å². The maximum atomic E-state index is 11.5. The lowest BCUT2D eigenvalue weighted by Crippen LogP contribution is -2.47. The van der Waals surface area contributed by atoms with E-state index < -0.39 is 0 Å². The molecule has 0 aromatic rings. The van der Waals surface area contributed by atoms with E-state index in [-0.39, 0.29) is 24.7 Å². The van der Waals surface area contributed by atoms with E-state index in [1.807, 2.05) is 6.92 Å². The fourth-order valence-corrected chi connectivity index (χ4v) is 1.61. The third-order valence-electron chi connectivity index (χ3n) is 2.65. The molecule has 1 rings (SSSR count). The van der Waals surface area contributed by atoms with Crippen LogP contribution >= 0.6 is 0 Å². The average Bonchev–Trinajstić information content (AvgIpc) is 2.27. The molecular formula is C11H20N2O2. The van der Waals surface area contributed by atoms with Crippen molar-refractivity contribution in [2.24, 2.45) is 0 Å². The Bertz CT molecular complexity index is 225. The number of carbonyl (C=O) groups is 1. The first kappa shape index (κ1) is 12.0. The van der Waals surface area contributed by atoms with Crippen LogP contribution in [0.15, 0.2) is 12.2 Å². The van der Waals surface area contributed by atoms with Gasteiger partial charge in [-0.3, -0.25) is 0 Å². The summed E-state index contributed by atoms with van der Waals surface area (Å²) in [6.07, 6.45) is 7.91. The highest BCUT2D eigenvalue weighted by atomic mass is 16.3. The number of amides is 2. The first-order valence-electron chi connectivity index (χ1n) is 5.59. The fourth-order valence-electron chi connectivity index (χ4n) is 1.61. The second-order valence-electron chi connectivity index (χ2n) is 3.89. The van der Waals surface area contributed by atoms with E-state index in [0.717, 1.165) is 25.7 Å². The summed E-state index contributed by atoms with van der Waals surface area (Å²) in [5, 5.41) is 14.6. The highest BCUT2D eigenvalue weighted by Gasteiger charge is 2.14. The van der Waals surface area contributed by atoms with Crippen molar-refractivity contribution in [3.05, 3.63) is 12.2 Å². The Kier molecular flexibility index (Phi) is 5.18. The number of hydrogen-bond acceptors (Lipinski definition) is 2. The van der Waals surface area contributed by atoms with Crippen LogP contribution in [0.2, 0.25) is 0 Å². The van der Waals surface area contributed by atoms with Gasteiger partial charge in [0.25, 0.3) is 0 Å². The fraction of sp³-hybridized carbons (Fsp3) is 0.727. The van der Waals surface area contributed by atoms with Crippen LogP contribution in [0.3, 0.4) is 0 Å². The average molecular weight is 212 g/mol. The van der Waals surface area contributed by atoms with Crippen molar-refractivity contribution in [2.75, 3.05) is 6.61 Å². The summed E-state index contributed by atoms with van der Waals surface area (Å²) in [5.41, 5.74) is 0. The lowest BCUT2D eigenvalue weighted by atomic mass is 10.0. The lowest BCUT2D eigenvalue weighted by Gasteiger charge is -2.21. The van der Waals surface area contributed by atoms with Crippen LogP contribution in [0.4, 0.5) is 4.79 Å². The number of allylic oxidation sites excluding steroid dienone is 1. The van der Waals surface area contributed by atoms with Crippen molar-refractivity contribution < 1.29 is 9.90 Å². The molecular weight excluding hydrogens is 192 g/mol. The van der Waals surface area contributed by atoms with E-state index in [9.17, 15) is 4.79 Å². The standard InChI is InChI=1S/C11H20N2O2/c1-2-9(8-14)12-11(15)13-10-6-4-3-5-7-10/h3-4,9-10,14H,2,5-8H2,1H3,(H2,12,13,15)/t9-,10?/m0/s1. The van der Waals surface area contributed by atoms with Gasteiger partial charge in [-0.2, -0.15) is 0 Å². The SMILES string of the molecule is CC[C@@H](CO)NC(=O)NC1CC=CCC1. The van der Waals surface area contributed by atoms with E-state index in [1.165, 1.54) is 0 Å². The Morgan fingerprint density at radius 3 is 2.93 bits per heavy atom. The number of hydrogen-bond donors (Lipinski definition) is 3. The molecule has 0 fully saturated rings. The van der Waals surface area contributed by atoms with Crippen molar-refractivity contribution in [2.45, 2.75) is 44.7 Å². The Labute approximate surface area is 90.7 Å². The van der Waals surface area contributed by atoms with Crippen LogP contribution in [-0.4, -0.2) is 29.8 Å². The third kappa shape index (κ3) is 4.34. The zero-order chi connectivity index (χ0) is 11.1. The first-order chi connectivity index (χ1) is 7.26. The van der Waals surface area contributed by atoms with Gasteiger partial charge >= 0.3 is 6.03 Å². The molecule has 0 radical (unpaired) electrons. The number of rotatable bonds is 4. The van der Waals surface area contributed by atoms with Gasteiger partial charge in [0.15, 0.2) is 0 Å². The second-order valence-corrected chi connectivity index (χ2v) is 3.89. The molecule has 0 aliphatic heterocycles. The van der Waals surface area contributed by atoms with Crippen molar-refractivity contribution in [1.29, 1.82) is 0 Å². The quantitative estimate of drug-likeness (QED) is 0.612. The molecule has 0 saturated heterocycles. The highest BCUT2D eigenvalue weighted by Crippen LogP contribution is 2.10. The zero-order valence-electron chi connectivity index (χ0n) is 9.20. The van der Waals surface area contributed by atoms with Crippen LogP contribution in [0.1, 0.15) is 32.6 Å². The summed E-state index contributed by atoms with van der Waals surface area (Å²) in [6.45, 7) is 1.93. The Morgan fingerprint density at radius 2 is 2.40 bits per heavy atom. The Morgan fingerprint density at radius 1 is 1.60 bits per heavy atom. The number of aliphatic hydroxyl groups excluding tert-OH is 1. The molecule has 1 unspecified atom stereocenters. The number of nitrogens with one attached hydrogen (secondary N) is 2. The maximum Gasteiger partial charge on any atom is 0.315 e. The van der Waals surface area contributed by atoms with E-state index in [1.54, 1.807) is 0 Å². The van der Waals surface area contributed by atoms with Crippen molar-refractivity contribution >= 4 is 6.03 Å². The smallest absolute Gasteiger partial charge is 0.315 e. The largest absolute Gasteiger partial charge is 0.394 e. The molecule has 0 aromatic carbocycles. The predicted octanol–water partition coefficient (Wildman–Crippen LogP) is 1.17. The van der Waals surface area contributed by atoms with E-state index in [4.69, 9.17) is 5.11 Å². The monoisotopic (exact) mass is 212 g/mol. The van der Waals surface area contributed by atoms with E-state index in [2.05, 4.69) is 22.8 Å². The van der Waals surface area contributed by atoms with Crippen molar-refractivity contribution in [3.8, 4) is 0 Å². The van der Waals surface area contributed by atoms with Crippen LogP contribution in [0.5, 0.6) is 0 Å². The highest BCUT2D eigenvalue weighted by molar-refractivity contribution is 5.74. The van der Waals surface area contributed by atoms with E-state index >= 15 is 0 Å². The van der Waals surface area contributed by atoms with Gasteiger partial charge in [0.05, 0.1) is 12.6 Å². The normalized spacial score (nSPS) is 22.1. The molecule has 4 nitrogen and oxygen atoms in total. The van der Waals surface area contributed by atoms with Gasteiger partial charge < -0.3 is 15.7 Å². The molecule has 2 atom stereocenters. The minimum Gasteiger partial charge on any atom is -0.394 e. The molecule has 0 saturated carbocycles. The topological polar surface area (TPSA) is 61.4 Å². The molecule has 1 aliphatic rings. The molecule has 3 N–H and O–H groups in total. The molecule has 0 heterocycles. The molecule has 4 heteroatoms. The van der Waals surface area contributed by atoms with Crippen LogP contribution in [0, 0.1) is 0 Å². The van der Waals surface area contributed by atoms with E-state index in [0.29, 0.717) is 0 Å². The molecule has 2 amide bonds. The zero-order valence-corrected chi connectivity index (χ0v) is 9.20. The van der Waals surface area contributed by atoms with Gasteiger partial charge in [-0.25, -0.2) is 4.79 Å². The summed E-state index contributed by atoms with van der Waals surface area (Å²) in [5.74, 6) is 0. The van der Waals surface area contributed by atoms with Gasteiger partial charge in [0.1, 0.15) is 0 Å². The van der Waals surface area contributed by atoms with Crippen LogP contribution in [0.25, 0.3) is 0 Å². The first-order valence-corrected chi connectivity index (χ1v) is 5.59. The van der Waals surface area contributed by atoms with Gasteiger partial charge in [-0.15, -0.1) is 0 Å². The third-order valence-corrected chi connectivity index (χ3v) is 2.65. The molecule has 1 aliphatic carbocycles. The summed E-state index contributed by atoms with van der Waals surface area (Å²) in [6, 6.07) is -0.0634. The molecule has 0 spiro atoms. The summed E-state index contributed by atoms with van der Waals surface area (Å²) in [4.78, 5) is 11.5. The van der Waals surface area contributed by atoms with Crippen molar-refractivity contribution in [3.63, 3.8) is 0 Å². The second kappa shape index (κ2) is 6.45. The van der Waals surface area contributed by atoms with Gasteiger partial charge in [-0.05, 0) is 25.7 Å². The summed E-state index contributed by atoms with van der Waals surface area (Å²) >= 11 is 0. The molecule has 0 aromatic heterocycles. The number of carbonyl (C=O) groups excluding carboxylic acids is 1. The van der Waals surface area contributed by atoms with Crippen LogP contribution in [-0.2, 0) is 0 Å². The predicted molar refractivity (Wildman–Crippen MR) is 59.6 cm³/mol. The molecule has 86 valence electrons. The van der Waals surface area contributed by atoms with Gasteiger partial charge in [-0.1, -0.05) is 19.1 Å². The minimum atomic E-state index is -0.170. The summed E-state index contributed by atoms with van der Waals surface area (Å²) < 4.78 is 0. The van der Waals surface area contributed by atoms with Crippen molar-refractivity contribution in [1.82, 2.24) is 10.6 Å².